The first-order valence-electron chi connectivity index (χ1n) is 5.09. The van der Waals surface area contributed by atoms with Crippen molar-refractivity contribution in [1.82, 2.24) is 14.8 Å². The Labute approximate surface area is 97.6 Å². The zero-order valence-corrected chi connectivity index (χ0v) is 9.53. The van der Waals surface area contributed by atoms with Crippen LogP contribution in [0.4, 0.5) is 0 Å². The summed E-state index contributed by atoms with van der Waals surface area (Å²) in [6, 6.07) is -0.738. The van der Waals surface area contributed by atoms with Crippen LogP contribution in [0.3, 0.4) is 0 Å². The first kappa shape index (κ1) is 11.3. The van der Waals surface area contributed by atoms with Crippen LogP contribution in [0.15, 0.2) is 24.2 Å². The summed E-state index contributed by atoms with van der Waals surface area (Å²) in [6.07, 6.45) is 4.97. The van der Waals surface area contributed by atoms with E-state index in [2.05, 4.69) is 10.1 Å². The smallest absolute Gasteiger partial charge is 0.238 e. The summed E-state index contributed by atoms with van der Waals surface area (Å²) in [4.78, 5) is 14.4. The highest BCUT2D eigenvalue weighted by Gasteiger charge is 2.26. The average Bonchev–Trinajstić information content (AvgIpc) is 2.74. The van der Waals surface area contributed by atoms with Crippen LogP contribution in [0.1, 0.15) is 12.2 Å². The van der Waals surface area contributed by atoms with E-state index in [-0.39, 0.29) is 11.3 Å². The van der Waals surface area contributed by atoms with Gasteiger partial charge >= 0.3 is 0 Å². The SMILES string of the molecule is COC1=C(n2cnc(C)n2)C=CC([N+](=O)[O-])C1. The molecule has 7 nitrogen and oxygen atoms in total. The Morgan fingerprint density at radius 1 is 1.65 bits per heavy atom. The highest BCUT2D eigenvalue weighted by Crippen LogP contribution is 2.24. The molecule has 1 aliphatic carbocycles. The van der Waals surface area contributed by atoms with Gasteiger partial charge in [0.1, 0.15) is 23.6 Å². The maximum Gasteiger partial charge on any atom is 0.238 e. The summed E-state index contributed by atoms with van der Waals surface area (Å²) in [5, 5.41) is 14.9. The number of hydrogen-bond donors (Lipinski definition) is 0. The minimum atomic E-state index is -0.738. The van der Waals surface area contributed by atoms with E-state index >= 15 is 0 Å². The van der Waals surface area contributed by atoms with Gasteiger partial charge in [0.05, 0.1) is 13.5 Å². The summed E-state index contributed by atoms with van der Waals surface area (Å²) < 4.78 is 6.74. The molecule has 0 amide bonds. The number of aromatic nitrogens is 3. The molecular weight excluding hydrogens is 224 g/mol. The fourth-order valence-electron chi connectivity index (χ4n) is 1.66. The second-order valence-corrected chi connectivity index (χ2v) is 3.66. The van der Waals surface area contributed by atoms with Gasteiger partial charge in [-0.05, 0) is 19.1 Å². The van der Waals surface area contributed by atoms with Crippen LogP contribution >= 0.6 is 0 Å². The topological polar surface area (TPSA) is 83.1 Å². The van der Waals surface area contributed by atoms with Crippen LogP contribution in [-0.2, 0) is 4.74 Å². The van der Waals surface area contributed by atoms with Crippen molar-refractivity contribution in [1.29, 1.82) is 0 Å². The molecule has 1 heterocycles. The van der Waals surface area contributed by atoms with Crippen LogP contribution in [-0.4, -0.2) is 32.8 Å². The Morgan fingerprint density at radius 3 is 2.94 bits per heavy atom. The van der Waals surface area contributed by atoms with Crippen molar-refractivity contribution in [3.05, 3.63) is 40.2 Å². The Hall–Kier alpha value is -2.18. The van der Waals surface area contributed by atoms with E-state index < -0.39 is 6.04 Å². The van der Waals surface area contributed by atoms with Crippen molar-refractivity contribution in [2.24, 2.45) is 0 Å². The molecule has 0 saturated heterocycles. The van der Waals surface area contributed by atoms with Gasteiger partial charge in [-0.3, -0.25) is 10.1 Å². The van der Waals surface area contributed by atoms with Gasteiger partial charge in [-0.15, -0.1) is 0 Å². The van der Waals surface area contributed by atoms with Crippen LogP contribution < -0.4 is 0 Å². The number of hydrogen-bond acceptors (Lipinski definition) is 5. The van der Waals surface area contributed by atoms with Crippen LogP contribution in [0.2, 0.25) is 0 Å². The fraction of sp³-hybridized carbons (Fsp3) is 0.400. The molecule has 17 heavy (non-hydrogen) atoms. The highest BCUT2D eigenvalue weighted by atomic mass is 16.6. The summed E-state index contributed by atoms with van der Waals surface area (Å²) in [7, 11) is 1.50. The van der Waals surface area contributed by atoms with Crippen LogP contribution in [0.5, 0.6) is 0 Å². The molecule has 7 heteroatoms. The fourth-order valence-corrected chi connectivity index (χ4v) is 1.66. The van der Waals surface area contributed by atoms with E-state index in [9.17, 15) is 10.1 Å². The Morgan fingerprint density at radius 2 is 2.41 bits per heavy atom. The van der Waals surface area contributed by atoms with Gasteiger partial charge in [-0.1, -0.05) is 0 Å². The van der Waals surface area contributed by atoms with Crippen molar-refractivity contribution >= 4 is 5.70 Å². The predicted octanol–water partition coefficient (Wildman–Crippen LogP) is 1.01. The first-order valence-corrected chi connectivity index (χ1v) is 5.09. The molecule has 1 aromatic rings. The minimum absolute atomic E-state index is 0.230. The Bertz CT molecular complexity index is 503. The Balaban J connectivity index is 2.33. The number of nitro groups is 1. The molecule has 0 spiro atoms. The lowest BCUT2D eigenvalue weighted by Gasteiger charge is -2.16. The minimum Gasteiger partial charge on any atom is -0.499 e. The second-order valence-electron chi connectivity index (χ2n) is 3.66. The van der Waals surface area contributed by atoms with Gasteiger partial charge in [-0.2, -0.15) is 5.10 Å². The lowest BCUT2D eigenvalue weighted by atomic mass is 10.1. The van der Waals surface area contributed by atoms with Gasteiger partial charge in [0.2, 0.25) is 6.04 Å². The molecule has 0 aromatic carbocycles. The van der Waals surface area contributed by atoms with Gasteiger partial charge in [0.15, 0.2) is 0 Å². The van der Waals surface area contributed by atoms with E-state index in [1.807, 2.05) is 0 Å². The van der Waals surface area contributed by atoms with Crippen LogP contribution in [0.25, 0.3) is 5.70 Å². The summed E-state index contributed by atoms with van der Waals surface area (Å²) in [6.45, 7) is 1.77. The third kappa shape index (κ3) is 2.17. The summed E-state index contributed by atoms with van der Waals surface area (Å²) >= 11 is 0. The largest absolute Gasteiger partial charge is 0.499 e. The number of ether oxygens (including phenoxy) is 1. The van der Waals surface area contributed by atoms with Crippen molar-refractivity contribution in [3.8, 4) is 0 Å². The van der Waals surface area contributed by atoms with Crippen molar-refractivity contribution in [2.75, 3.05) is 7.11 Å². The number of allylic oxidation sites excluding steroid dienone is 2. The number of rotatable bonds is 3. The molecule has 0 N–H and O–H groups in total. The van der Waals surface area contributed by atoms with Crippen molar-refractivity contribution in [2.45, 2.75) is 19.4 Å². The second kappa shape index (κ2) is 4.36. The monoisotopic (exact) mass is 236 g/mol. The molecule has 0 saturated carbocycles. The van der Waals surface area contributed by atoms with Crippen molar-refractivity contribution in [3.63, 3.8) is 0 Å². The number of nitrogens with zero attached hydrogens (tertiary/aromatic N) is 4. The maximum atomic E-state index is 10.7. The number of aryl methyl sites for hydroxylation is 1. The van der Waals surface area contributed by atoms with E-state index in [0.29, 0.717) is 17.3 Å². The average molecular weight is 236 g/mol. The molecule has 0 bridgehead atoms. The van der Waals surface area contributed by atoms with Gasteiger partial charge in [0.25, 0.3) is 0 Å². The summed E-state index contributed by atoms with van der Waals surface area (Å²) in [5.41, 5.74) is 0.686. The molecule has 0 fully saturated rings. The molecule has 1 unspecified atom stereocenters. The molecule has 1 aromatic heterocycles. The van der Waals surface area contributed by atoms with E-state index in [0.717, 1.165) is 0 Å². The first-order chi connectivity index (χ1) is 8.11. The lowest BCUT2D eigenvalue weighted by Crippen LogP contribution is -2.22. The predicted molar refractivity (Wildman–Crippen MR) is 59.5 cm³/mol. The lowest BCUT2D eigenvalue weighted by molar-refractivity contribution is -0.509. The Kier molecular flexibility index (Phi) is 2.90. The number of methoxy groups -OCH3 is 1. The molecule has 90 valence electrons. The van der Waals surface area contributed by atoms with Gasteiger partial charge < -0.3 is 4.74 Å². The normalized spacial score (nSPS) is 19.5. The zero-order valence-electron chi connectivity index (χ0n) is 9.53. The summed E-state index contributed by atoms with van der Waals surface area (Å²) in [5.74, 6) is 1.18. The molecule has 0 radical (unpaired) electrons. The molecule has 1 aliphatic rings. The van der Waals surface area contributed by atoms with Crippen molar-refractivity contribution < 1.29 is 9.66 Å². The third-order valence-electron chi connectivity index (χ3n) is 2.53. The van der Waals surface area contributed by atoms with E-state index in [1.54, 1.807) is 24.0 Å². The van der Waals surface area contributed by atoms with Gasteiger partial charge in [0, 0.05) is 4.92 Å². The standard InChI is InChI=1S/C10H12N4O3/c1-7-11-6-13(12-7)9-4-3-8(14(15)16)5-10(9)17-2/h3-4,6,8H,5H2,1-2H3. The maximum absolute atomic E-state index is 10.7. The van der Waals surface area contributed by atoms with E-state index in [4.69, 9.17) is 4.74 Å². The molecule has 2 rings (SSSR count). The van der Waals surface area contributed by atoms with E-state index in [1.165, 1.54) is 13.2 Å². The van der Waals surface area contributed by atoms with Crippen LogP contribution in [0, 0.1) is 17.0 Å². The quantitative estimate of drug-likeness (QED) is 0.577. The highest BCUT2D eigenvalue weighted by molar-refractivity contribution is 5.60. The molecule has 0 aliphatic heterocycles. The third-order valence-corrected chi connectivity index (χ3v) is 2.53. The molecule has 1 atom stereocenters. The van der Waals surface area contributed by atoms with Gasteiger partial charge in [-0.25, -0.2) is 9.67 Å². The zero-order chi connectivity index (χ0) is 12.4. The molecular formula is C10H12N4O3.